The number of nitrogen functional groups attached to an aromatic ring is 1. The monoisotopic (exact) mass is 459 g/mol. The van der Waals surface area contributed by atoms with E-state index < -0.39 is 28.1 Å². The first-order valence-corrected chi connectivity index (χ1v) is 9.77. The Bertz CT molecular complexity index is 1100. The zero-order valence-corrected chi connectivity index (χ0v) is 16.6. The maximum Gasteiger partial charge on any atom is 0.453 e. The number of carbonyl (C=O) groups excluding carboxylic acids is 1. The number of aromatic nitrogens is 4. The molecule has 158 valence electrons. The third-order valence-electron chi connectivity index (χ3n) is 3.66. The van der Waals surface area contributed by atoms with Crippen LogP contribution in [0, 0.1) is 10.1 Å². The van der Waals surface area contributed by atoms with Gasteiger partial charge >= 0.3 is 6.18 Å². The fourth-order valence-corrected chi connectivity index (χ4v) is 3.70. The summed E-state index contributed by atoms with van der Waals surface area (Å²) >= 11 is 1.79. The Morgan fingerprint density at radius 2 is 2.13 bits per heavy atom. The summed E-state index contributed by atoms with van der Waals surface area (Å²) in [7, 11) is 0. The van der Waals surface area contributed by atoms with Crippen LogP contribution < -0.4 is 11.2 Å². The molecule has 1 aromatic carbocycles. The molecule has 2 heterocycles. The SMILES string of the molecule is C[C@H](Sc1nnc(C(F)(F)F)n1N)C(=O)Nc1nc(-c2cccc([N+](=O)[O-])c2)cs1. The lowest BCUT2D eigenvalue weighted by atomic mass is 10.1. The zero-order valence-electron chi connectivity index (χ0n) is 15.0. The Kier molecular flexibility index (Phi) is 5.93. The van der Waals surface area contributed by atoms with Gasteiger partial charge in [0.2, 0.25) is 11.1 Å². The first-order chi connectivity index (χ1) is 14.1. The summed E-state index contributed by atoms with van der Waals surface area (Å²) in [5.74, 6) is 3.43. The second-order valence-electron chi connectivity index (χ2n) is 5.77. The van der Waals surface area contributed by atoms with Crippen molar-refractivity contribution < 1.29 is 22.9 Å². The predicted octanol–water partition coefficient (Wildman–Crippen LogP) is 3.16. The van der Waals surface area contributed by atoms with Crippen molar-refractivity contribution in [2.45, 2.75) is 23.5 Å². The van der Waals surface area contributed by atoms with E-state index in [0.29, 0.717) is 23.0 Å². The predicted molar refractivity (Wildman–Crippen MR) is 103 cm³/mol. The van der Waals surface area contributed by atoms with Gasteiger partial charge in [0.15, 0.2) is 5.13 Å². The molecule has 15 heteroatoms. The minimum atomic E-state index is -4.77. The Hall–Kier alpha value is -3.20. The van der Waals surface area contributed by atoms with Gasteiger partial charge in [-0.05, 0) is 6.92 Å². The highest BCUT2D eigenvalue weighted by Gasteiger charge is 2.38. The van der Waals surface area contributed by atoms with Crippen LogP contribution >= 0.6 is 23.1 Å². The molecule has 0 spiro atoms. The van der Waals surface area contributed by atoms with Gasteiger partial charge in [-0.15, -0.1) is 21.5 Å². The average Bonchev–Trinajstić information content (AvgIpc) is 3.28. The van der Waals surface area contributed by atoms with Crippen molar-refractivity contribution in [1.29, 1.82) is 0 Å². The lowest BCUT2D eigenvalue weighted by molar-refractivity contribution is -0.384. The van der Waals surface area contributed by atoms with E-state index in [9.17, 15) is 28.1 Å². The van der Waals surface area contributed by atoms with Crippen LogP contribution in [0.2, 0.25) is 0 Å². The molecule has 1 amide bonds. The van der Waals surface area contributed by atoms with Gasteiger partial charge in [0.05, 0.1) is 15.9 Å². The number of carbonyl (C=O) groups is 1. The molecule has 0 bridgehead atoms. The maximum absolute atomic E-state index is 12.7. The first-order valence-electron chi connectivity index (χ1n) is 8.02. The molecular weight excluding hydrogens is 447 g/mol. The van der Waals surface area contributed by atoms with Crippen LogP contribution in [0.3, 0.4) is 0 Å². The second kappa shape index (κ2) is 8.27. The van der Waals surface area contributed by atoms with Crippen LogP contribution in [-0.2, 0) is 11.0 Å². The summed E-state index contributed by atoms with van der Waals surface area (Å²) in [6.07, 6.45) is -4.77. The molecule has 0 unspecified atom stereocenters. The van der Waals surface area contributed by atoms with Gasteiger partial charge in [-0.2, -0.15) is 13.2 Å². The molecule has 0 saturated carbocycles. The van der Waals surface area contributed by atoms with Crippen molar-refractivity contribution in [2.75, 3.05) is 11.2 Å². The van der Waals surface area contributed by atoms with Gasteiger partial charge < -0.3 is 11.2 Å². The van der Waals surface area contributed by atoms with E-state index in [2.05, 4.69) is 20.5 Å². The molecule has 0 aliphatic carbocycles. The number of nitrogens with two attached hydrogens (primary N) is 1. The molecule has 1 atom stereocenters. The Balaban J connectivity index is 1.68. The van der Waals surface area contributed by atoms with Gasteiger partial charge in [-0.25, -0.2) is 9.66 Å². The molecular formula is C15H12F3N7O3S2. The van der Waals surface area contributed by atoms with Crippen LogP contribution in [0.1, 0.15) is 12.7 Å². The highest BCUT2D eigenvalue weighted by Crippen LogP contribution is 2.31. The smallest absolute Gasteiger partial charge is 0.335 e. The minimum Gasteiger partial charge on any atom is -0.335 e. The normalized spacial score (nSPS) is 12.5. The molecule has 0 radical (unpaired) electrons. The molecule has 0 aliphatic rings. The molecule has 10 nitrogen and oxygen atoms in total. The van der Waals surface area contributed by atoms with Crippen molar-refractivity contribution >= 4 is 39.8 Å². The third kappa shape index (κ3) is 4.68. The molecule has 0 saturated heterocycles. The van der Waals surface area contributed by atoms with Gasteiger partial charge in [-0.3, -0.25) is 14.9 Å². The number of thiazole rings is 1. The first kappa shape index (κ1) is 21.5. The quantitative estimate of drug-likeness (QED) is 0.248. The Morgan fingerprint density at radius 1 is 1.40 bits per heavy atom. The number of benzene rings is 1. The number of rotatable bonds is 6. The number of nitro groups is 1. The summed E-state index contributed by atoms with van der Waals surface area (Å²) in [4.78, 5) is 26.9. The largest absolute Gasteiger partial charge is 0.453 e. The van der Waals surface area contributed by atoms with Crippen molar-refractivity contribution in [3.8, 4) is 11.3 Å². The summed E-state index contributed by atoms with van der Waals surface area (Å²) in [5, 5.41) is 20.5. The van der Waals surface area contributed by atoms with Gasteiger partial charge in [0.25, 0.3) is 11.5 Å². The molecule has 3 aromatic rings. The van der Waals surface area contributed by atoms with E-state index >= 15 is 0 Å². The number of nitrogens with zero attached hydrogens (tertiary/aromatic N) is 5. The molecule has 3 N–H and O–H groups in total. The number of hydrogen-bond donors (Lipinski definition) is 2. The van der Waals surface area contributed by atoms with Gasteiger partial charge in [-0.1, -0.05) is 23.9 Å². The van der Waals surface area contributed by atoms with Crippen LogP contribution in [0.25, 0.3) is 11.3 Å². The van der Waals surface area contributed by atoms with Crippen molar-refractivity contribution in [3.05, 3.63) is 45.6 Å². The van der Waals surface area contributed by atoms with E-state index in [0.717, 1.165) is 11.3 Å². The van der Waals surface area contributed by atoms with Crippen molar-refractivity contribution in [1.82, 2.24) is 19.9 Å². The van der Waals surface area contributed by atoms with Crippen molar-refractivity contribution in [3.63, 3.8) is 0 Å². The number of hydrogen-bond acceptors (Lipinski definition) is 9. The molecule has 0 aliphatic heterocycles. The topological polar surface area (TPSA) is 142 Å². The van der Waals surface area contributed by atoms with Crippen LogP contribution in [0.15, 0.2) is 34.8 Å². The zero-order chi connectivity index (χ0) is 22.1. The van der Waals surface area contributed by atoms with E-state index in [-0.39, 0.29) is 20.7 Å². The lowest BCUT2D eigenvalue weighted by Crippen LogP contribution is -2.25. The lowest BCUT2D eigenvalue weighted by Gasteiger charge is -2.10. The number of non-ortho nitro benzene ring substituents is 1. The van der Waals surface area contributed by atoms with Gasteiger partial charge in [0.1, 0.15) is 0 Å². The fraction of sp³-hybridized carbons (Fsp3) is 0.200. The number of anilines is 1. The van der Waals surface area contributed by atoms with Crippen molar-refractivity contribution in [2.24, 2.45) is 0 Å². The standard InChI is InChI=1S/C15H12F3N7O3S2/c1-7(30-14-23-22-12(24(14)19)15(16,17)18)11(26)21-13-20-10(6-29-13)8-3-2-4-9(5-8)25(27)28/h2-7H,19H2,1H3,(H,20,21,26)/t7-/m0/s1. The number of nitrogens with one attached hydrogen (secondary N) is 1. The van der Waals surface area contributed by atoms with Crippen LogP contribution in [-0.4, -0.2) is 35.9 Å². The second-order valence-corrected chi connectivity index (χ2v) is 7.93. The van der Waals surface area contributed by atoms with Gasteiger partial charge in [0, 0.05) is 23.1 Å². The van der Waals surface area contributed by atoms with E-state index in [1.54, 1.807) is 11.4 Å². The average molecular weight is 459 g/mol. The van der Waals surface area contributed by atoms with E-state index in [4.69, 9.17) is 5.84 Å². The number of alkyl halides is 3. The molecule has 0 fully saturated rings. The van der Waals surface area contributed by atoms with E-state index in [1.165, 1.54) is 25.1 Å². The minimum absolute atomic E-state index is 0.0970. The number of thioether (sulfide) groups is 1. The Labute approximate surface area is 174 Å². The van der Waals surface area contributed by atoms with Crippen LogP contribution in [0.5, 0.6) is 0 Å². The molecule has 3 rings (SSSR count). The summed E-state index contributed by atoms with van der Waals surface area (Å²) in [6, 6.07) is 5.85. The molecule has 2 aromatic heterocycles. The van der Waals surface area contributed by atoms with Crippen LogP contribution in [0.4, 0.5) is 24.0 Å². The number of amides is 1. The Morgan fingerprint density at radius 3 is 2.77 bits per heavy atom. The maximum atomic E-state index is 12.7. The third-order valence-corrected chi connectivity index (χ3v) is 5.47. The summed E-state index contributed by atoms with van der Waals surface area (Å²) in [5.41, 5.74) is 0.829. The molecule has 30 heavy (non-hydrogen) atoms. The summed E-state index contributed by atoms with van der Waals surface area (Å²) in [6.45, 7) is 1.46. The highest BCUT2D eigenvalue weighted by molar-refractivity contribution is 8.00. The highest BCUT2D eigenvalue weighted by atomic mass is 32.2. The number of halogens is 3. The summed E-state index contributed by atoms with van der Waals surface area (Å²) < 4.78 is 38.4. The van der Waals surface area contributed by atoms with E-state index in [1.807, 2.05) is 0 Å². The number of nitro benzene ring substituents is 1. The fourth-order valence-electron chi connectivity index (χ4n) is 2.21.